The van der Waals surface area contributed by atoms with Crippen LogP contribution in [0.1, 0.15) is 5.56 Å². The Morgan fingerprint density at radius 1 is 0.696 bits per heavy atom. The van der Waals surface area contributed by atoms with Crippen molar-refractivity contribution in [2.45, 2.75) is 6.92 Å². The third-order valence-corrected chi connectivity index (χ3v) is 3.82. The van der Waals surface area contributed by atoms with Gasteiger partial charge in [0.25, 0.3) is 0 Å². The summed E-state index contributed by atoms with van der Waals surface area (Å²) in [6, 6.07) is 14.9. The zero-order chi connectivity index (χ0) is 16.4. The molecule has 3 aromatic carbocycles. The molecule has 3 aromatic rings. The van der Waals surface area contributed by atoms with Gasteiger partial charge >= 0.3 is 0 Å². The molecule has 118 valence electrons. The summed E-state index contributed by atoms with van der Waals surface area (Å²) in [6.07, 6.45) is 0. The average molecular weight is 311 g/mol. The first-order valence-corrected chi connectivity index (χ1v) is 6.97. The summed E-state index contributed by atoms with van der Waals surface area (Å²) in [5.74, 6) is 17.9. The smallest absolute Gasteiger partial charge is 0.162 e. The van der Waals surface area contributed by atoms with Gasteiger partial charge in [0.2, 0.25) is 0 Å². The molecule has 0 fully saturated rings. The molecule has 6 nitrogen and oxygen atoms in total. The molecule has 6 heteroatoms. The van der Waals surface area contributed by atoms with Crippen LogP contribution >= 0.6 is 0 Å². The van der Waals surface area contributed by atoms with Crippen molar-refractivity contribution in [1.82, 2.24) is 0 Å². The molecule has 3 rings (SSSR count). The Labute approximate surface area is 133 Å². The van der Waals surface area contributed by atoms with Crippen LogP contribution in [0.15, 0.2) is 48.5 Å². The summed E-state index contributed by atoms with van der Waals surface area (Å²) in [7, 11) is 0. The highest BCUT2D eigenvalue weighted by atomic mass is 16.6. The highest BCUT2D eigenvalue weighted by Crippen LogP contribution is 2.44. The third-order valence-electron chi connectivity index (χ3n) is 3.82. The van der Waals surface area contributed by atoms with Gasteiger partial charge in [-0.15, -0.1) is 0 Å². The van der Waals surface area contributed by atoms with Crippen molar-refractivity contribution in [1.29, 1.82) is 0 Å². The lowest BCUT2D eigenvalue weighted by Gasteiger charge is -2.16. The molecular weight excluding hydrogens is 294 g/mol. The maximum atomic E-state index is 5.53. The number of rotatable bonds is 4. The standard InChI is InChI=1S/C17H17N3O3/c1-10-5-4-8-13(16(10)22-19)14-9-15(21-18)11-6-2-3-7-12(11)17(14)23-20/h2-9H,18-20H2,1H3. The van der Waals surface area contributed by atoms with Crippen LogP contribution < -0.4 is 32.2 Å². The number of hydrogen-bond acceptors (Lipinski definition) is 6. The van der Waals surface area contributed by atoms with Crippen LogP contribution in [0, 0.1) is 6.92 Å². The number of fused-ring (bicyclic) bond motifs is 1. The lowest BCUT2D eigenvalue weighted by atomic mass is 9.96. The minimum Gasteiger partial charge on any atom is -0.411 e. The molecule has 0 radical (unpaired) electrons. The minimum atomic E-state index is 0.491. The summed E-state index contributed by atoms with van der Waals surface area (Å²) in [5, 5.41) is 1.57. The quantitative estimate of drug-likeness (QED) is 0.639. The van der Waals surface area contributed by atoms with Crippen molar-refractivity contribution in [2.75, 3.05) is 0 Å². The molecule has 6 N–H and O–H groups in total. The zero-order valence-corrected chi connectivity index (χ0v) is 12.6. The molecule has 0 saturated heterocycles. The number of benzene rings is 3. The maximum Gasteiger partial charge on any atom is 0.162 e. The molecular formula is C17H17N3O3. The van der Waals surface area contributed by atoms with Crippen LogP contribution in [-0.4, -0.2) is 0 Å². The van der Waals surface area contributed by atoms with Crippen molar-refractivity contribution in [3.05, 3.63) is 54.1 Å². The Hall–Kier alpha value is -2.80. The van der Waals surface area contributed by atoms with Crippen LogP contribution in [0.4, 0.5) is 0 Å². The van der Waals surface area contributed by atoms with Gasteiger partial charge in [0.15, 0.2) is 17.2 Å². The molecule has 0 unspecified atom stereocenters. The van der Waals surface area contributed by atoms with Crippen molar-refractivity contribution in [2.24, 2.45) is 17.7 Å². The molecule has 0 aromatic heterocycles. The molecule has 0 aliphatic carbocycles. The predicted molar refractivity (Wildman–Crippen MR) is 88.6 cm³/mol. The van der Waals surface area contributed by atoms with E-state index in [1.165, 1.54) is 0 Å². The molecule has 0 amide bonds. The normalized spacial score (nSPS) is 10.6. The van der Waals surface area contributed by atoms with Gasteiger partial charge in [0.1, 0.15) is 0 Å². The Kier molecular flexibility index (Phi) is 4.03. The Bertz CT molecular complexity index is 865. The van der Waals surface area contributed by atoms with Crippen LogP contribution in [0.2, 0.25) is 0 Å². The summed E-state index contributed by atoms with van der Waals surface area (Å²) in [6.45, 7) is 1.90. The number of hydrogen-bond donors (Lipinski definition) is 3. The molecule has 0 aliphatic heterocycles. The van der Waals surface area contributed by atoms with E-state index in [-0.39, 0.29) is 0 Å². The SMILES string of the molecule is Cc1cccc(-c2cc(ON)c3ccccc3c2ON)c1ON. The second kappa shape index (κ2) is 6.13. The first-order valence-electron chi connectivity index (χ1n) is 6.97. The molecule has 0 bridgehead atoms. The fraction of sp³-hybridized carbons (Fsp3) is 0.0588. The van der Waals surface area contributed by atoms with Gasteiger partial charge in [0.05, 0.1) is 0 Å². The number of nitrogens with two attached hydrogens (primary N) is 3. The lowest BCUT2D eigenvalue weighted by molar-refractivity contribution is 0.328. The van der Waals surface area contributed by atoms with E-state index in [2.05, 4.69) is 0 Å². The van der Waals surface area contributed by atoms with Gasteiger partial charge in [-0.1, -0.05) is 42.5 Å². The number of aryl methyl sites for hydroxylation is 1. The van der Waals surface area contributed by atoms with E-state index in [1.54, 1.807) is 6.07 Å². The topological polar surface area (TPSA) is 106 Å². The van der Waals surface area contributed by atoms with E-state index in [0.29, 0.717) is 22.8 Å². The Morgan fingerprint density at radius 3 is 2.04 bits per heavy atom. The summed E-state index contributed by atoms with van der Waals surface area (Å²) < 4.78 is 0. The van der Waals surface area contributed by atoms with Crippen LogP contribution in [0.5, 0.6) is 17.2 Å². The highest BCUT2D eigenvalue weighted by Gasteiger charge is 2.19. The third kappa shape index (κ3) is 2.44. The Balaban J connectivity index is 2.40. The van der Waals surface area contributed by atoms with Crippen molar-refractivity contribution in [3.8, 4) is 28.4 Å². The lowest BCUT2D eigenvalue weighted by Crippen LogP contribution is -2.09. The second-order valence-electron chi connectivity index (χ2n) is 5.10. The van der Waals surface area contributed by atoms with Gasteiger partial charge in [0, 0.05) is 21.9 Å². The van der Waals surface area contributed by atoms with E-state index < -0.39 is 0 Å². The van der Waals surface area contributed by atoms with Crippen LogP contribution in [-0.2, 0) is 0 Å². The Morgan fingerprint density at radius 2 is 1.39 bits per heavy atom. The first kappa shape index (κ1) is 15.1. The fourth-order valence-electron chi connectivity index (χ4n) is 2.76. The first-order chi connectivity index (χ1) is 11.2. The maximum absolute atomic E-state index is 5.53. The van der Waals surface area contributed by atoms with Crippen molar-refractivity contribution in [3.63, 3.8) is 0 Å². The fourth-order valence-corrected chi connectivity index (χ4v) is 2.76. The van der Waals surface area contributed by atoms with E-state index in [9.17, 15) is 0 Å². The van der Waals surface area contributed by atoms with E-state index in [4.69, 9.17) is 32.2 Å². The van der Waals surface area contributed by atoms with Gasteiger partial charge < -0.3 is 14.5 Å². The van der Waals surface area contributed by atoms with Crippen LogP contribution in [0.25, 0.3) is 21.9 Å². The summed E-state index contributed by atoms with van der Waals surface area (Å²) >= 11 is 0. The molecule has 23 heavy (non-hydrogen) atoms. The molecule has 0 heterocycles. The monoisotopic (exact) mass is 311 g/mol. The van der Waals surface area contributed by atoms with Crippen molar-refractivity contribution < 1.29 is 14.5 Å². The predicted octanol–water partition coefficient (Wildman–Crippen LogP) is 2.57. The highest BCUT2D eigenvalue weighted by molar-refractivity contribution is 6.00. The zero-order valence-electron chi connectivity index (χ0n) is 12.6. The number of para-hydroxylation sites is 1. The average Bonchev–Trinajstić information content (AvgIpc) is 2.60. The van der Waals surface area contributed by atoms with E-state index in [0.717, 1.165) is 21.9 Å². The van der Waals surface area contributed by atoms with E-state index >= 15 is 0 Å². The summed E-state index contributed by atoms with van der Waals surface area (Å²) in [4.78, 5) is 15.2. The molecule has 0 spiro atoms. The van der Waals surface area contributed by atoms with Gasteiger partial charge in [-0.05, 0) is 18.6 Å². The second-order valence-corrected chi connectivity index (χ2v) is 5.10. The summed E-state index contributed by atoms with van der Waals surface area (Å²) in [5.41, 5.74) is 2.30. The van der Waals surface area contributed by atoms with Gasteiger partial charge in [-0.2, -0.15) is 17.7 Å². The molecule has 0 aliphatic rings. The van der Waals surface area contributed by atoms with E-state index in [1.807, 2.05) is 49.4 Å². The van der Waals surface area contributed by atoms with Crippen molar-refractivity contribution >= 4 is 10.8 Å². The molecule has 0 saturated carbocycles. The largest absolute Gasteiger partial charge is 0.411 e. The minimum absolute atomic E-state index is 0.491. The molecule has 0 atom stereocenters. The van der Waals surface area contributed by atoms with Crippen LogP contribution in [0.3, 0.4) is 0 Å². The van der Waals surface area contributed by atoms with Gasteiger partial charge in [-0.3, -0.25) is 0 Å². The van der Waals surface area contributed by atoms with Gasteiger partial charge in [-0.25, -0.2) is 0 Å².